The fourth-order valence-corrected chi connectivity index (χ4v) is 8.42. The molecule has 0 N–H and O–H groups in total. The van der Waals surface area contributed by atoms with E-state index in [2.05, 4.69) is 50.2 Å². The first-order chi connectivity index (χ1) is 23.0. The zero-order valence-electron chi connectivity index (χ0n) is 28.5. The smallest absolute Gasteiger partial charge is 0.130 e. The summed E-state index contributed by atoms with van der Waals surface area (Å²) >= 11 is 0. The summed E-state index contributed by atoms with van der Waals surface area (Å²) in [4.78, 5) is 0. The lowest BCUT2D eigenvalue weighted by Crippen LogP contribution is -2.13. The first kappa shape index (κ1) is 33.4. The van der Waals surface area contributed by atoms with Crippen LogP contribution in [0.5, 0.6) is 11.5 Å². The normalized spacial score (nSPS) is 21.4. The van der Waals surface area contributed by atoms with E-state index in [1.54, 1.807) is 24.3 Å². The Kier molecular flexibility index (Phi) is 11.4. The third-order valence-electron chi connectivity index (χ3n) is 11.0. The van der Waals surface area contributed by atoms with E-state index < -0.39 is 0 Å². The highest BCUT2D eigenvalue weighted by Gasteiger charge is 2.25. The second-order valence-corrected chi connectivity index (χ2v) is 14.5. The molecule has 0 amide bonds. The van der Waals surface area contributed by atoms with Gasteiger partial charge in [-0.3, -0.25) is 0 Å². The predicted molar refractivity (Wildman–Crippen MR) is 191 cm³/mol. The third-order valence-corrected chi connectivity index (χ3v) is 11.0. The lowest BCUT2D eigenvalue weighted by molar-refractivity contribution is 0.308. The molecule has 248 valence electrons. The lowest BCUT2D eigenvalue weighted by atomic mass is 9.77. The van der Waals surface area contributed by atoms with Crippen LogP contribution in [0.1, 0.15) is 136 Å². The lowest BCUT2D eigenvalue weighted by Gasteiger charge is -2.29. The maximum absolute atomic E-state index is 14.3. The van der Waals surface area contributed by atoms with Gasteiger partial charge < -0.3 is 4.74 Å². The SMILES string of the molecule is CCC[C@H]1CC[C@H](c2ccc(Oc3ccc([C@H]4CC[C@H](CCC)CC4)cc3Cc3cccc(F)c3)c(Cc3cccc(F)c3)c2)CC1. The van der Waals surface area contributed by atoms with Crippen molar-refractivity contribution in [2.45, 2.75) is 116 Å². The Hall–Kier alpha value is -3.46. The van der Waals surface area contributed by atoms with E-state index in [4.69, 9.17) is 4.74 Å². The summed E-state index contributed by atoms with van der Waals surface area (Å²) in [6, 6.07) is 27.3. The van der Waals surface area contributed by atoms with Gasteiger partial charge in [-0.05, 0) is 145 Å². The van der Waals surface area contributed by atoms with Gasteiger partial charge in [0.1, 0.15) is 23.1 Å². The Morgan fingerprint density at radius 3 is 1.34 bits per heavy atom. The van der Waals surface area contributed by atoms with E-state index >= 15 is 0 Å². The molecule has 0 radical (unpaired) electrons. The molecule has 47 heavy (non-hydrogen) atoms. The van der Waals surface area contributed by atoms with E-state index in [0.29, 0.717) is 24.7 Å². The number of hydrogen-bond donors (Lipinski definition) is 0. The van der Waals surface area contributed by atoms with Crippen molar-refractivity contribution < 1.29 is 13.5 Å². The zero-order chi connectivity index (χ0) is 32.6. The summed E-state index contributed by atoms with van der Waals surface area (Å²) in [5, 5.41) is 0. The third kappa shape index (κ3) is 8.92. The molecule has 0 bridgehead atoms. The molecular weight excluding hydrogens is 582 g/mol. The van der Waals surface area contributed by atoms with Crippen LogP contribution in [-0.2, 0) is 12.8 Å². The Balaban J connectivity index is 1.30. The van der Waals surface area contributed by atoms with E-state index in [9.17, 15) is 8.78 Å². The standard InChI is InChI=1S/C44H52F2O/c1-3-7-31-13-17-35(18-14-31)37-21-23-43(39(29-37)25-33-9-5-11-41(45)27-33)47-44-24-22-38(36-19-15-32(8-4-2)16-20-36)30-40(44)26-34-10-6-12-42(46)28-34/h5-6,9-12,21-24,27-32,35-36H,3-4,7-8,13-20,25-26H2,1-2H3/t31-,32-,35-,36-. The van der Waals surface area contributed by atoms with Gasteiger partial charge in [-0.1, -0.05) is 88.1 Å². The molecule has 0 atom stereocenters. The molecule has 4 aromatic rings. The highest BCUT2D eigenvalue weighted by atomic mass is 19.1. The molecule has 0 spiro atoms. The van der Waals surface area contributed by atoms with Crippen LogP contribution >= 0.6 is 0 Å². The Morgan fingerprint density at radius 2 is 0.957 bits per heavy atom. The molecule has 0 aliphatic heterocycles. The molecule has 4 aromatic carbocycles. The van der Waals surface area contributed by atoms with Crippen LogP contribution in [0.15, 0.2) is 84.9 Å². The summed E-state index contributed by atoms with van der Waals surface area (Å²) in [6.45, 7) is 4.58. The molecule has 2 aliphatic rings. The minimum atomic E-state index is -0.216. The number of halogens is 2. The first-order valence-corrected chi connectivity index (χ1v) is 18.4. The molecule has 0 saturated heterocycles. The quantitative estimate of drug-likeness (QED) is 0.151. The molecule has 2 fully saturated rings. The van der Waals surface area contributed by atoms with Crippen LogP contribution in [0.3, 0.4) is 0 Å². The van der Waals surface area contributed by atoms with Crippen molar-refractivity contribution in [3.63, 3.8) is 0 Å². The highest BCUT2D eigenvalue weighted by Crippen LogP contribution is 2.42. The van der Waals surface area contributed by atoms with Gasteiger partial charge in [-0.25, -0.2) is 8.78 Å². The van der Waals surface area contributed by atoms with Crippen molar-refractivity contribution in [2.24, 2.45) is 11.8 Å². The minimum absolute atomic E-state index is 0.216. The van der Waals surface area contributed by atoms with E-state index in [0.717, 1.165) is 45.6 Å². The van der Waals surface area contributed by atoms with Crippen LogP contribution in [0.4, 0.5) is 8.78 Å². The van der Waals surface area contributed by atoms with Crippen molar-refractivity contribution in [3.05, 3.63) is 130 Å². The predicted octanol–water partition coefficient (Wildman–Crippen LogP) is 13.1. The topological polar surface area (TPSA) is 9.23 Å². The molecule has 1 nitrogen and oxygen atoms in total. The van der Waals surface area contributed by atoms with Crippen molar-refractivity contribution >= 4 is 0 Å². The van der Waals surface area contributed by atoms with Crippen LogP contribution in [0.2, 0.25) is 0 Å². The van der Waals surface area contributed by atoms with Crippen LogP contribution in [-0.4, -0.2) is 0 Å². The van der Waals surface area contributed by atoms with Gasteiger partial charge in [0.2, 0.25) is 0 Å². The second kappa shape index (κ2) is 16.1. The van der Waals surface area contributed by atoms with Crippen LogP contribution < -0.4 is 4.74 Å². The molecule has 6 rings (SSSR count). The summed E-state index contributed by atoms with van der Waals surface area (Å²) in [6.07, 6.45) is 16.5. The van der Waals surface area contributed by atoms with Gasteiger partial charge in [-0.2, -0.15) is 0 Å². The van der Waals surface area contributed by atoms with Crippen molar-refractivity contribution in [2.75, 3.05) is 0 Å². The minimum Gasteiger partial charge on any atom is -0.457 e. The summed E-state index contributed by atoms with van der Waals surface area (Å²) in [7, 11) is 0. The molecule has 0 aromatic heterocycles. The second-order valence-electron chi connectivity index (χ2n) is 14.5. The Morgan fingerprint density at radius 1 is 0.532 bits per heavy atom. The monoisotopic (exact) mass is 634 g/mol. The molecule has 0 heterocycles. The van der Waals surface area contributed by atoms with Crippen LogP contribution in [0.25, 0.3) is 0 Å². The fraction of sp³-hybridized carbons (Fsp3) is 0.455. The van der Waals surface area contributed by atoms with Crippen molar-refractivity contribution in [1.29, 1.82) is 0 Å². The average Bonchev–Trinajstić information content (AvgIpc) is 3.07. The molecule has 2 saturated carbocycles. The van der Waals surface area contributed by atoms with Gasteiger partial charge >= 0.3 is 0 Å². The van der Waals surface area contributed by atoms with Crippen molar-refractivity contribution in [3.8, 4) is 11.5 Å². The van der Waals surface area contributed by atoms with E-state index in [1.165, 1.54) is 100 Å². The van der Waals surface area contributed by atoms with E-state index in [-0.39, 0.29) is 11.6 Å². The first-order valence-electron chi connectivity index (χ1n) is 18.4. The largest absolute Gasteiger partial charge is 0.457 e. The van der Waals surface area contributed by atoms with Crippen molar-refractivity contribution in [1.82, 2.24) is 0 Å². The fourth-order valence-electron chi connectivity index (χ4n) is 8.42. The van der Waals surface area contributed by atoms with Gasteiger partial charge in [0.05, 0.1) is 0 Å². The van der Waals surface area contributed by atoms with Gasteiger partial charge in [0.15, 0.2) is 0 Å². The molecular formula is C44H52F2O. The summed E-state index contributed by atoms with van der Waals surface area (Å²) in [5.74, 6) is 4.02. The number of ether oxygens (including phenoxy) is 1. The van der Waals surface area contributed by atoms with Gasteiger partial charge in [0, 0.05) is 12.8 Å². The Labute approximate surface area is 281 Å². The number of hydrogen-bond acceptors (Lipinski definition) is 1. The highest BCUT2D eigenvalue weighted by molar-refractivity contribution is 5.48. The molecule has 0 unspecified atom stereocenters. The van der Waals surface area contributed by atoms with E-state index in [1.807, 2.05) is 12.1 Å². The van der Waals surface area contributed by atoms with Crippen LogP contribution in [0, 0.1) is 23.5 Å². The Bertz CT molecular complexity index is 1470. The van der Waals surface area contributed by atoms with Gasteiger partial charge in [0.25, 0.3) is 0 Å². The number of benzene rings is 4. The maximum Gasteiger partial charge on any atom is 0.130 e. The maximum atomic E-state index is 14.3. The summed E-state index contributed by atoms with van der Waals surface area (Å²) < 4.78 is 35.4. The molecule has 3 heteroatoms. The van der Waals surface area contributed by atoms with Gasteiger partial charge in [-0.15, -0.1) is 0 Å². The molecule has 2 aliphatic carbocycles. The average molecular weight is 635 g/mol. The summed E-state index contributed by atoms with van der Waals surface area (Å²) in [5.41, 5.74) is 6.78. The number of rotatable bonds is 12. The zero-order valence-corrected chi connectivity index (χ0v) is 28.5.